The van der Waals surface area contributed by atoms with Gasteiger partial charge in [-0.05, 0) is 23.8 Å². The summed E-state index contributed by atoms with van der Waals surface area (Å²) in [6.45, 7) is 1.43. The predicted molar refractivity (Wildman–Crippen MR) is 104 cm³/mol. The minimum atomic E-state index is -0.365. The number of halogens is 1. The van der Waals surface area contributed by atoms with Crippen LogP contribution in [0.3, 0.4) is 0 Å². The van der Waals surface area contributed by atoms with Gasteiger partial charge in [0.25, 0.3) is 5.91 Å². The summed E-state index contributed by atoms with van der Waals surface area (Å²) in [4.78, 5) is 25.6. The predicted octanol–water partition coefficient (Wildman–Crippen LogP) is 2.43. The second kappa shape index (κ2) is 8.88. The largest absolute Gasteiger partial charge is 0.334 e. The molecule has 2 aromatic rings. The van der Waals surface area contributed by atoms with E-state index in [4.69, 9.17) is 5.84 Å². The number of carbonyl (C=O) groups is 2. The Balaban J connectivity index is 1.56. The van der Waals surface area contributed by atoms with E-state index in [1.54, 1.807) is 53.1 Å². The second-order valence-electron chi connectivity index (χ2n) is 6.16. The molecule has 0 aromatic heterocycles. The standard InChI is InChI=1S/C19H21FN4O2S/c20-16-4-2-1-3-15(16)17-12-24(9-10-27-17)19(26)22-11-13-5-7-14(8-6-13)18(25)23-21/h1-8,17H,9-12,21H2,(H,22,26)(H,23,25). The smallest absolute Gasteiger partial charge is 0.317 e. The molecule has 142 valence electrons. The number of nitrogen functional groups attached to an aromatic ring is 1. The Morgan fingerprint density at radius 2 is 1.93 bits per heavy atom. The Hall–Kier alpha value is -2.58. The molecule has 27 heavy (non-hydrogen) atoms. The van der Waals surface area contributed by atoms with Crippen molar-refractivity contribution in [3.63, 3.8) is 0 Å². The Kier molecular flexibility index (Phi) is 6.31. The monoisotopic (exact) mass is 388 g/mol. The van der Waals surface area contributed by atoms with Gasteiger partial charge in [-0.1, -0.05) is 30.3 Å². The summed E-state index contributed by atoms with van der Waals surface area (Å²) in [5.74, 6) is 5.26. The molecular weight excluding hydrogens is 367 g/mol. The number of hydrogen-bond donors (Lipinski definition) is 3. The second-order valence-corrected chi connectivity index (χ2v) is 7.47. The fraction of sp³-hybridized carbons (Fsp3) is 0.263. The van der Waals surface area contributed by atoms with Crippen LogP contribution in [0, 0.1) is 5.82 Å². The molecular formula is C19H21FN4O2S. The highest BCUT2D eigenvalue weighted by Crippen LogP contribution is 2.34. The summed E-state index contributed by atoms with van der Waals surface area (Å²) in [6, 6.07) is 13.3. The molecule has 0 saturated carbocycles. The fourth-order valence-corrected chi connectivity index (χ4v) is 4.17. The van der Waals surface area contributed by atoms with Crippen molar-refractivity contribution in [3.8, 4) is 0 Å². The van der Waals surface area contributed by atoms with Gasteiger partial charge in [0.1, 0.15) is 5.82 Å². The average Bonchev–Trinajstić information content (AvgIpc) is 2.72. The minimum Gasteiger partial charge on any atom is -0.334 e. The fourth-order valence-electron chi connectivity index (χ4n) is 2.90. The molecule has 1 unspecified atom stereocenters. The first-order valence-electron chi connectivity index (χ1n) is 8.57. The van der Waals surface area contributed by atoms with Crippen molar-refractivity contribution in [2.24, 2.45) is 5.84 Å². The number of nitrogens with zero attached hydrogens (tertiary/aromatic N) is 1. The zero-order valence-electron chi connectivity index (χ0n) is 14.7. The van der Waals surface area contributed by atoms with Gasteiger partial charge < -0.3 is 10.2 Å². The van der Waals surface area contributed by atoms with Gasteiger partial charge in [-0.15, -0.1) is 11.8 Å². The molecule has 0 spiro atoms. The SMILES string of the molecule is NNC(=O)c1ccc(CNC(=O)N2CCSC(c3ccccc3F)C2)cc1. The van der Waals surface area contributed by atoms with Crippen molar-refractivity contribution in [2.75, 3.05) is 18.8 Å². The summed E-state index contributed by atoms with van der Waals surface area (Å²) < 4.78 is 14.0. The first-order chi connectivity index (χ1) is 13.1. The molecule has 2 aromatic carbocycles. The molecule has 8 heteroatoms. The zero-order chi connectivity index (χ0) is 19.2. The number of urea groups is 1. The van der Waals surface area contributed by atoms with Gasteiger partial charge in [0.15, 0.2) is 0 Å². The normalized spacial score (nSPS) is 16.7. The van der Waals surface area contributed by atoms with Crippen LogP contribution in [0.2, 0.25) is 0 Å². The van der Waals surface area contributed by atoms with E-state index in [2.05, 4.69) is 10.7 Å². The van der Waals surface area contributed by atoms with Crippen molar-refractivity contribution in [3.05, 3.63) is 71.0 Å². The highest BCUT2D eigenvalue weighted by molar-refractivity contribution is 7.99. The number of hydrazine groups is 1. The number of nitrogens with one attached hydrogen (secondary N) is 2. The lowest BCUT2D eigenvalue weighted by Crippen LogP contribution is -2.44. The third kappa shape index (κ3) is 4.78. The topological polar surface area (TPSA) is 87.5 Å². The van der Waals surface area contributed by atoms with Gasteiger partial charge >= 0.3 is 6.03 Å². The van der Waals surface area contributed by atoms with Gasteiger partial charge in [-0.3, -0.25) is 10.2 Å². The van der Waals surface area contributed by atoms with Crippen molar-refractivity contribution in [1.82, 2.24) is 15.6 Å². The van der Waals surface area contributed by atoms with E-state index in [0.29, 0.717) is 30.8 Å². The number of hydrogen-bond acceptors (Lipinski definition) is 4. The maximum atomic E-state index is 14.0. The summed E-state index contributed by atoms with van der Waals surface area (Å²) in [6.07, 6.45) is 0. The maximum Gasteiger partial charge on any atom is 0.317 e. The molecule has 1 aliphatic rings. The zero-order valence-corrected chi connectivity index (χ0v) is 15.5. The Morgan fingerprint density at radius 1 is 1.19 bits per heavy atom. The van der Waals surface area contributed by atoms with Gasteiger partial charge in [0.05, 0.1) is 5.25 Å². The number of benzene rings is 2. The molecule has 1 atom stereocenters. The van der Waals surface area contributed by atoms with Crippen molar-refractivity contribution in [2.45, 2.75) is 11.8 Å². The van der Waals surface area contributed by atoms with Crippen LogP contribution in [0.5, 0.6) is 0 Å². The highest BCUT2D eigenvalue weighted by atomic mass is 32.2. The molecule has 3 amide bonds. The van der Waals surface area contributed by atoms with Gasteiger partial charge in [-0.25, -0.2) is 15.0 Å². The molecule has 6 nitrogen and oxygen atoms in total. The van der Waals surface area contributed by atoms with Crippen LogP contribution < -0.4 is 16.6 Å². The third-order valence-corrected chi connectivity index (χ3v) is 5.62. The van der Waals surface area contributed by atoms with E-state index >= 15 is 0 Å². The number of nitrogens with two attached hydrogens (primary N) is 1. The summed E-state index contributed by atoms with van der Waals surface area (Å²) in [5.41, 5.74) is 4.03. The van der Waals surface area contributed by atoms with Crippen LogP contribution in [0.25, 0.3) is 0 Å². The maximum absolute atomic E-state index is 14.0. The van der Waals surface area contributed by atoms with Crippen LogP contribution >= 0.6 is 11.8 Å². The molecule has 1 aliphatic heterocycles. The molecule has 1 heterocycles. The van der Waals surface area contributed by atoms with Crippen LogP contribution in [0.4, 0.5) is 9.18 Å². The lowest BCUT2D eigenvalue weighted by atomic mass is 10.1. The van der Waals surface area contributed by atoms with Crippen molar-refractivity contribution < 1.29 is 14.0 Å². The molecule has 0 aliphatic carbocycles. The van der Waals surface area contributed by atoms with E-state index in [0.717, 1.165) is 11.3 Å². The first-order valence-corrected chi connectivity index (χ1v) is 9.62. The average molecular weight is 388 g/mol. The lowest BCUT2D eigenvalue weighted by Gasteiger charge is -2.32. The molecule has 0 bridgehead atoms. The Morgan fingerprint density at radius 3 is 2.63 bits per heavy atom. The van der Waals surface area contributed by atoms with Gasteiger partial charge in [-0.2, -0.15) is 0 Å². The first kappa shape index (κ1) is 19.2. The summed E-state index contributed by atoms with van der Waals surface area (Å²) >= 11 is 1.66. The number of carbonyl (C=O) groups excluding carboxylic acids is 2. The van der Waals surface area contributed by atoms with Gasteiger partial charge in [0.2, 0.25) is 0 Å². The Labute approximate surface area is 161 Å². The molecule has 1 saturated heterocycles. The summed E-state index contributed by atoms with van der Waals surface area (Å²) in [7, 11) is 0. The van der Waals surface area contributed by atoms with E-state index in [-0.39, 0.29) is 23.0 Å². The van der Waals surface area contributed by atoms with E-state index in [1.807, 2.05) is 6.07 Å². The van der Waals surface area contributed by atoms with Crippen LogP contribution in [0.1, 0.15) is 26.7 Å². The lowest BCUT2D eigenvalue weighted by molar-refractivity contribution is 0.0953. The van der Waals surface area contributed by atoms with Crippen molar-refractivity contribution in [1.29, 1.82) is 0 Å². The third-order valence-electron chi connectivity index (χ3n) is 4.40. The number of amides is 3. The molecule has 0 radical (unpaired) electrons. The van der Waals surface area contributed by atoms with E-state index < -0.39 is 0 Å². The van der Waals surface area contributed by atoms with Crippen LogP contribution in [-0.4, -0.2) is 35.7 Å². The van der Waals surface area contributed by atoms with Gasteiger partial charge in [0, 0.05) is 36.5 Å². The van der Waals surface area contributed by atoms with E-state index in [9.17, 15) is 14.0 Å². The quantitative estimate of drug-likeness (QED) is 0.426. The van der Waals surface area contributed by atoms with Crippen molar-refractivity contribution >= 4 is 23.7 Å². The van der Waals surface area contributed by atoms with Crippen LogP contribution in [0.15, 0.2) is 48.5 Å². The number of rotatable bonds is 4. The molecule has 4 N–H and O–H groups in total. The number of thioether (sulfide) groups is 1. The van der Waals surface area contributed by atoms with E-state index in [1.165, 1.54) is 6.07 Å². The van der Waals surface area contributed by atoms with Crippen LogP contribution in [-0.2, 0) is 6.54 Å². The summed E-state index contributed by atoms with van der Waals surface area (Å²) in [5, 5.41) is 2.81. The Bertz CT molecular complexity index is 816. The highest BCUT2D eigenvalue weighted by Gasteiger charge is 2.26. The minimum absolute atomic E-state index is 0.0697. The molecule has 1 fully saturated rings. The molecule has 3 rings (SSSR count).